The molecular formula is C14H24N4O3. The van der Waals surface area contributed by atoms with Crippen LogP contribution in [0.1, 0.15) is 40.0 Å². The second kappa shape index (κ2) is 7.10. The van der Waals surface area contributed by atoms with Gasteiger partial charge in [0.2, 0.25) is 0 Å². The van der Waals surface area contributed by atoms with Crippen LogP contribution in [0.4, 0.5) is 4.79 Å². The molecule has 0 aromatic heterocycles. The van der Waals surface area contributed by atoms with E-state index in [2.05, 4.69) is 0 Å². The fourth-order valence-electron chi connectivity index (χ4n) is 2.04. The first kappa shape index (κ1) is 17.0. The zero-order chi connectivity index (χ0) is 16.2. The number of carbonyl (C=O) groups is 3. The third-order valence-corrected chi connectivity index (χ3v) is 3.59. The van der Waals surface area contributed by atoms with Crippen LogP contribution in [-0.2, 0) is 9.59 Å². The maximum absolute atomic E-state index is 12.4. The first-order chi connectivity index (χ1) is 9.84. The highest BCUT2D eigenvalue weighted by atomic mass is 16.2. The molecule has 1 rings (SSSR count). The summed E-state index contributed by atoms with van der Waals surface area (Å²) < 4.78 is 0. The monoisotopic (exact) mass is 296 g/mol. The van der Waals surface area contributed by atoms with Crippen molar-refractivity contribution >= 4 is 17.8 Å². The number of nitrogens with two attached hydrogens (primary N) is 2. The highest BCUT2D eigenvalue weighted by Crippen LogP contribution is 2.20. The van der Waals surface area contributed by atoms with Crippen molar-refractivity contribution in [3.8, 4) is 0 Å². The van der Waals surface area contributed by atoms with E-state index in [1.165, 1.54) is 0 Å². The molecule has 0 bridgehead atoms. The number of hydrogen-bond donors (Lipinski definition) is 2. The lowest BCUT2D eigenvalue weighted by molar-refractivity contribution is -0.136. The molecule has 0 aliphatic carbocycles. The Kier molecular flexibility index (Phi) is 5.75. The summed E-state index contributed by atoms with van der Waals surface area (Å²) in [5, 5.41) is 0. The second-order valence-electron chi connectivity index (χ2n) is 5.35. The van der Waals surface area contributed by atoms with Gasteiger partial charge in [-0.1, -0.05) is 33.6 Å². The Hall–Kier alpha value is -2.05. The van der Waals surface area contributed by atoms with Crippen molar-refractivity contribution in [3.05, 3.63) is 11.4 Å². The molecule has 1 heterocycles. The number of nitrogens with zero attached hydrogens (tertiary/aromatic N) is 2. The summed E-state index contributed by atoms with van der Waals surface area (Å²) in [6.45, 7) is 6.37. The van der Waals surface area contributed by atoms with Crippen LogP contribution in [0.25, 0.3) is 0 Å². The third kappa shape index (κ3) is 3.53. The van der Waals surface area contributed by atoms with E-state index in [1.54, 1.807) is 0 Å². The number of imide groups is 2. The van der Waals surface area contributed by atoms with Crippen LogP contribution in [-0.4, -0.2) is 40.7 Å². The van der Waals surface area contributed by atoms with E-state index in [1.807, 2.05) is 20.8 Å². The van der Waals surface area contributed by atoms with E-state index in [0.717, 1.165) is 22.6 Å². The Morgan fingerprint density at radius 2 is 1.67 bits per heavy atom. The van der Waals surface area contributed by atoms with Gasteiger partial charge in [0, 0.05) is 13.1 Å². The summed E-state index contributed by atoms with van der Waals surface area (Å²) >= 11 is 0. The second-order valence-corrected chi connectivity index (χ2v) is 5.35. The van der Waals surface area contributed by atoms with E-state index < -0.39 is 17.8 Å². The fraction of sp³-hybridized carbons (Fsp3) is 0.643. The minimum absolute atomic E-state index is 0.138. The molecule has 1 aliphatic heterocycles. The summed E-state index contributed by atoms with van der Waals surface area (Å²) in [5.41, 5.74) is 10.6. The fourth-order valence-corrected chi connectivity index (χ4v) is 2.04. The zero-order valence-electron chi connectivity index (χ0n) is 12.9. The predicted molar refractivity (Wildman–Crippen MR) is 78.6 cm³/mol. The van der Waals surface area contributed by atoms with Crippen molar-refractivity contribution in [2.45, 2.75) is 40.0 Å². The lowest BCUT2D eigenvalue weighted by Gasteiger charge is -2.35. The van der Waals surface area contributed by atoms with Crippen LogP contribution in [0, 0.1) is 5.92 Å². The number of carbonyl (C=O) groups excluding carboxylic acids is 3. The molecular weight excluding hydrogens is 272 g/mol. The quantitative estimate of drug-likeness (QED) is 0.555. The van der Waals surface area contributed by atoms with E-state index in [4.69, 9.17) is 11.5 Å². The van der Waals surface area contributed by atoms with Crippen molar-refractivity contribution in [2.75, 3.05) is 13.1 Å². The average Bonchev–Trinajstić information content (AvgIpc) is 2.42. The molecule has 7 nitrogen and oxygen atoms in total. The first-order valence-electron chi connectivity index (χ1n) is 7.27. The molecule has 21 heavy (non-hydrogen) atoms. The van der Waals surface area contributed by atoms with Gasteiger partial charge >= 0.3 is 6.03 Å². The Labute approximate surface area is 124 Å². The molecule has 1 unspecified atom stereocenters. The molecule has 4 amide bonds. The normalized spacial score (nSPS) is 17.5. The van der Waals surface area contributed by atoms with Crippen LogP contribution < -0.4 is 11.5 Å². The first-order valence-corrected chi connectivity index (χ1v) is 7.27. The molecule has 0 spiro atoms. The molecule has 1 aliphatic rings. The van der Waals surface area contributed by atoms with E-state index in [0.29, 0.717) is 6.42 Å². The molecule has 118 valence electrons. The number of barbiturate groups is 1. The molecule has 1 fully saturated rings. The van der Waals surface area contributed by atoms with Crippen LogP contribution in [0.15, 0.2) is 11.4 Å². The van der Waals surface area contributed by atoms with Gasteiger partial charge in [-0.3, -0.25) is 19.4 Å². The van der Waals surface area contributed by atoms with Gasteiger partial charge < -0.3 is 11.5 Å². The minimum Gasteiger partial charge on any atom is -0.385 e. The van der Waals surface area contributed by atoms with Crippen LogP contribution in [0.2, 0.25) is 0 Å². The number of rotatable bonds is 6. The summed E-state index contributed by atoms with van der Waals surface area (Å²) in [7, 11) is 0. The van der Waals surface area contributed by atoms with E-state index in [-0.39, 0.29) is 30.4 Å². The lowest BCUT2D eigenvalue weighted by atomic mass is 10.1. The maximum Gasteiger partial charge on any atom is 0.333 e. The smallest absolute Gasteiger partial charge is 0.333 e. The molecule has 1 saturated heterocycles. The summed E-state index contributed by atoms with van der Waals surface area (Å²) in [6, 6.07) is -0.580. The Balaban J connectivity index is 3.13. The molecule has 0 aromatic carbocycles. The third-order valence-electron chi connectivity index (χ3n) is 3.59. The highest BCUT2D eigenvalue weighted by Gasteiger charge is 2.43. The molecule has 0 radical (unpaired) electrons. The molecule has 0 aromatic rings. The zero-order valence-corrected chi connectivity index (χ0v) is 12.9. The maximum atomic E-state index is 12.4. The molecule has 7 heteroatoms. The molecule has 4 N–H and O–H groups in total. The number of hydrogen-bond acceptors (Lipinski definition) is 5. The van der Waals surface area contributed by atoms with Crippen LogP contribution >= 0.6 is 0 Å². The lowest BCUT2D eigenvalue weighted by Crippen LogP contribution is -2.58. The van der Waals surface area contributed by atoms with E-state index in [9.17, 15) is 14.4 Å². The topological polar surface area (TPSA) is 110 Å². The van der Waals surface area contributed by atoms with Crippen molar-refractivity contribution < 1.29 is 14.4 Å². The number of amides is 4. The van der Waals surface area contributed by atoms with Crippen molar-refractivity contribution in [1.29, 1.82) is 0 Å². The van der Waals surface area contributed by atoms with Gasteiger partial charge in [0.15, 0.2) is 0 Å². The van der Waals surface area contributed by atoms with Gasteiger partial charge in [0.05, 0.1) is 0 Å². The minimum atomic E-state index is -0.696. The van der Waals surface area contributed by atoms with Crippen molar-refractivity contribution in [1.82, 2.24) is 9.80 Å². The van der Waals surface area contributed by atoms with Crippen molar-refractivity contribution in [2.24, 2.45) is 17.4 Å². The van der Waals surface area contributed by atoms with Gasteiger partial charge in [0.1, 0.15) is 11.4 Å². The van der Waals surface area contributed by atoms with Gasteiger partial charge in [-0.2, -0.15) is 0 Å². The molecule has 0 saturated carbocycles. The largest absolute Gasteiger partial charge is 0.385 e. The highest BCUT2D eigenvalue weighted by molar-refractivity contribution is 6.29. The van der Waals surface area contributed by atoms with Gasteiger partial charge in [-0.15, -0.1) is 0 Å². The van der Waals surface area contributed by atoms with Gasteiger partial charge in [-0.25, -0.2) is 4.79 Å². The standard InChI is InChI=1S/C14H24N4O3/c1-4-6-7-17-12(19)10(11(15)16)13(20)18(14(17)21)8-9(3)5-2/h9H,4-8,15-16H2,1-3H3. The summed E-state index contributed by atoms with van der Waals surface area (Å²) in [5.74, 6) is -1.59. The van der Waals surface area contributed by atoms with Crippen molar-refractivity contribution in [3.63, 3.8) is 0 Å². The Morgan fingerprint density at radius 3 is 2.14 bits per heavy atom. The van der Waals surface area contributed by atoms with Crippen LogP contribution in [0.3, 0.4) is 0 Å². The Bertz CT molecular complexity index is 469. The Morgan fingerprint density at radius 1 is 1.10 bits per heavy atom. The van der Waals surface area contributed by atoms with Gasteiger partial charge in [0.25, 0.3) is 11.8 Å². The molecule has 1 atom stereocenters. The summed E-state index contributed by atoms with van der Waals surface area (Å²) in [4.78, 5) is 39.0. The van der Waals surface area contributed by atoms with Gasteiger partial charge in [-0.05, 0) is 12.3 Å². The number of unbranched alkanes of at least 4 members (excludes halogenated alkanes) is 1. The average molecular weight is 296 g/mol. The summed E-state index contributed by atoms with van der Waals surface area (Å²) in [6.07, 6.45) is 2.31. The van der Waals surface area contributed by atoms with E-state index >= 15 is 0 Å². The number of urea groups is 1. The predicted octanol–water partition coefficient (Wildman–Crippen LogP) is 0.752. The van der Waals surface area contributed by atoms with Crippen LogP contribution in [0.5, 0.6) is 0 Å². The SMILES string of the molecule is CCCCN1C(=O)C(=C(N)N)C(=O)N(CC(C)CC)C1=O.